The summed E-state index contributed by atoms with van der Waals surface area (Å²) < 4.78 is 11.9. The fourth-order valence-corrected chi connectivity index (χ4v) is 2.72. The third kappa shape index (κ3) is 3.19. The van der Waals surface area contributed by atoms with E-state index in [1.807, 2.05) is 30.3 Å². The van der Waals surface area contributed by atoms with Crippen LogP contribution in [0.15, 0.2) is 51.9 Å². The molecule has 2 heteroatoms. The van der Waals surface area contributed by atoms with E-state index in [9.17, 15) is 4.21 Å². The normalized spacial score (nSPS) is 17.6. The van der Waals surface area contributed by atoms with Crippen LogP contribution < -0.4 is 0 Å². The highest BCUT2D eigenvalue weighted by Crippen LogP contribution is 2.21. The van der Waals surface area contributed by atoms with Crippen molar-refractivity contribution in [3.8, 4) is 0 Å². The third-order valence-corrected chi connectivity index (χ3v) is 3.87. The molecular weight excluding hydrogens is 216 g/mol. The van der Waals surface area contributed by atoms with Crippen LogP contribution in [-0.4, -0.2) is 4.21 Å². The van der Waals surface area contributed by atoms with E-state index in [1.165, 1.54) is 24.8 Å². The fraction of sp³-hybridized carbons (Fsp3) is 0.357. The standard InChI is InChI=1S/C14H16OS/c15-16(14-9-5-2-6-10-14)12-11-13-7-3-1-4-8-13/h2,5-6,9-10,12H,1,3-4,7-8H2. The van der Waals surface area contributed by atoms with Gasteiger partial charge in [0.15, 0.2) is 0 Å². The summed E-state index contributed by atoms with van der Waals surface area (Å²) in [5.41, 5.74) is 4.54. The first-order valence-corrected chi connectivity index (χ1v) is 6.98. The van der Waals surface area contributed by atoms with Gasteiger partial charge in [-0.25, -0.2) is 4.21 Å². The molecule has 0 spiro atoms. The van der Waals surface area contributed by atoms with Gasteiger partial charge in [0.25, 0.3) is 0 Å². The van der Waals surface area contributed by atoms with Crippen molar-refractivity contribution in [1.29, 1.82) is 0 Å². The molecule has 0 N–H and O–H groups in total. The molecule has 1 atom stereocenters. The van der Waals surface area contributed by atoms with Crippen LogP contribution in [-0.2, 0) is 10.8 Å². The lowest BCUT2D eigenvalue weighted by Crippen LogP contribution is -1.92. The van der Waals surface area contributed by atoms with Crippen molar-refractivity contribution in [3.63, 3.8) is 0 Å². The van der Waals surface area contributed by atoms with Gasteiger partial charge in [-0.2, -0.15) is 0 Å². The maximum absolute atomic E-state index is 11.9. The second-order valence-electron chi connectivity index (χ2n) is 4.04. The van der Waals surface area contributed by atoms with Crippen LogP contribution in [0.1, 0.15) is 32.1 Å². The monoisotopic (exact) mass is 232 g/mol. The van der Waals surface area contributed by atoms with E-state index in [0.717, 1.165) is 17.7 Å². The van der Waals surface area contributed by atoms with Crippen molar-refractivity contribution in [2.24, 2.45) is 0 Å². The number of rotatable bonds is 2. The Labute approximate surface area is 99.3 Å². The molecule has 1 unspecified atom stereocenters. The van der Waals surface area contributed by atoms with Gasteiger partial charge in [0, 0.05) is 10.3 Å². The molecule has 0 radical (unpaired) electrons. The highest BCUT2D eigenvalue weighted by atomic mass is 32.2. The minimum atomic E-state index is -1.04. The molecule has 2 rings (SSSR count). The predicted octanol–water partition coefficient (Wildman–Crippen LogP) is 3.80. The van der Waals surface area contributed by atoms with Crippen molar-refractivity contribution < 1.29 is 4.21 Å². The molecule has 16 heavy (non-hydrogen) atoms. The smallest absolute Gasteiger partial charge is 0.0854 e. The summed E-state index contributed by atoms with van der Waals surface area (Å²) >= 11 is 0. The molecule has 1 aliphatic rings. The van der Waals surface area contributed by atoms with E-state index in [0.29, 0.717) is 0 Å². The van der Waals surface area contributed by atoms with Gasteiger partial charge in [-0.1, -0.05) is 24.6 Å². The summed E-state index contributed by atoms with van der Waals surface area (Å²) in [5.74, 6) is 0. The van der Waals surface area contributed by atoms with E-state index in [-0.39, 0.29) is 0 Å². The molecule has 0 saturated heterocycles. The second kappa shape index (κ2) is 5.83. The summed E-state index contributed by atoms with van der Waals surface area (Å²) in [6.45, 7) is 0. The Morgan fingerprint density at radius 1 is 1.06 bits per heavy atom. The van der Waals surface area contributed by atoms with Gasteiger partial charge in [-0.15, -0.1) is 5.73 Å². The van der Waals surface area contributed by atoms with E-state index < -0.39 is 10.8 Å². The van der Waals surface area contributed by atoms with Crippen molar-refractivity contribution >= 4 is 10.8 Å². The molecule has 1 aliphatic carbocycles. The molecule has 0 heterocycles. The van der Waals surface area contributed by atoms with E-state index in [2.05, 4.69) is 5.73 Å². The van der Waals surface area contributed by atoms with Gasteiger partial charge < -0.3 is 0 Å². The molecule has 1 fully saturated rings. The molecule has 0 aliphatic heterocycles. The highest BCUT2D eigenvalue weighted by Gasteiger charge is 2.04. The van der Waals surface area contributed by atoms with Crippen LogP contribution in [0.5, 0.6) is 0 Å². The molecule has 1 aromatic rings. The number of benzene rings is 1. The first-order chi connectivity index (χ1) is 7.86. The van der Waals surface area contributed by atoms with Crippen molar-refractivity contribution in [3.05, 3.63) is 47.0 Å². The SMILES string of the molecule is O=S(C=C=C1CCCCC1)c1ccccc1. The minimum Gasteiger partial charge on any atom is -0.249 e. The maximum Gasteiger partial charge on any atom is 0.0854 e. The number of hydrogen-bond donors (Lipinski definition) is 0. The minimum absolute atomic E-state index is 0.853. The lowest BCUT2D eigenvalue weighted by molar-refractivity contribution is 0.600. The first kappa shape index (κ1) is 11.4. The molecule has 84 valence electrons. The Bertz CT molecular complexity index is 419. The van der Waals surface area contributed by atoms with Crippen LogP contribution in [0.25, 0.3) is 0 Å². The van der Waals surface area contributed by atoms with Gasteiger partial charge >= 0.3 is 0 Å². The summed E-state index contributed by atoms with van der Waals surface area (Å²) in [4.78, 5) is 0.853. The number of hydrogen-bond acceptors (Lipinski definition) is 1. The zero-order valence-corrected chi connectivity index (χ0v) is 10.1. The average Bonchev–Trinajstić information content (AvgIpc) is 2.38. The zero-order valence-electron chi connectivity index (χ0n) is 9.32. The summed E-state index contributed by atoms with van der Waals surface area (Å²) in [6.07, 6.45) is 6.10. The van der Waals surface area contributed by atoms with Crippen molar-refractivity contribution in [1.82, 2.24) is 0 Å². The van der Waals surface area contributed by atoms with Gasteiger partial charge in [0.1, 0.15) is 0 Å². The first-order valence-electron chi connectivity index (χ1n) is 5.76. The van der Waals surface area contributed by atoms with Crippen LogP contribution in [0.3, 0.4) is 0 Å². The van der Waals surface area contributed by atoms with Crippen LogP contribution in [0, 0.1) is 0 Å². The Morgan fingerprint density at radius 3 is 2.44 bits per heavy atom. The molecule has 0 aromatic heterocycles. The largest absolute Gasteiger partial charge is 0.249 e. The zero-order chi connectivity index (χ0) is 11.2. The maximum atomic E-state index is 11.9. The predicted molar refractivity (Wildman–Crippen MR) is 67.5 cm³/mol. The summed E-state index contributed by atoms with van der Waals surface area (Å²) in [6, 6.07) is 9.54. The molecular formula is C14H16OS. The molecule has 1 nitrogen and oxygen atoms in total. The average molecular weight is 232 g/mol. The van der Waals surface area contributed by atoms with Gasteiger partial charge in [0.2, 0.25) is 0 Å². The third-order valence-electron chi connectivity index (χ3n) is 2.80. The summed E-state index contributed by atoms with van der Waals surface area (Å²) in [7, 11) is -1.04. The highest BCUT2D eigenvalue weighted by molar-refractivity contribution is 7.88. The Balaban J connectivity index is 2.09. The molecule has 0 amide bonds. The Morgan fingerprint density at radius 2 is 1.75 bits per heavy atom. The number of allylic oxidation sites excluding steroid dienone is 1. The lowest BCUT2D eigenvalue weighted by atomic mass is 9.96. The molecule has 1 saturated carbocycles. The van der Waals surface area contributed by atoms with Gasteiger partial charge in [0.05, 0.1) is 10.8 Å². The topological polar surface area (TPSA) is 17.1 Å². The van der Waals surface area contributed by atoms with Gasteiger partial charge in [-0.05, 0) is 43.4 Å². The van der Waals surface area contributed by atoms with E-state index >= 15 is 0 Å². The van der Waals surface area contributed by atoms with Gasteiger partial charge in [-0.3, -0.25) is 0 Å². The van der Waals surface area contributed by atoms with Crippen molar-refractivity contribution in [2.75, 3.05) is 0 Å². The Kier molecular flexibility index (Phi) is 4.15. The second-order valence-corrected chi connectivity index (χ2v) is 5.34. The molecule has 1 aromatic carbocycles. The van der Waals surface area contributed by atoms with E-state index in [1.54, 1.807) is 5.41 Å². The fourth-order valence-electron chi connectivity index (χ4n) is 1.88. The van der Waals surface area contributed by atoms with E-state index in [4.69, 9.17) is 0 Å². The molecule has 0 bridgehead atoms. The van der Waals surface area contributed by atoms with Crippen LogP contribution >= 0.6 is 0 Å². The quantitative estimate of drug-likeness (QED) is 0.709. The Hall–Kier alpha value is -1.11. The lowest BCUT2D eigenvalue weighted by Gasteiger charge is -2.10. The van der Waals surface area contributed by atoms with Crippen LogP contribution in [0.2, 0.25) is 0 Å². The summed E-state index contributed by atoms with van der Waals surface area (Å²) in [5, 5.41) is 1.70. The van der Waals surface area contributed by atoms with Crippen LogP contribution in [0.4, 0.5) is 0 Å². The van der Waals surface area contributed by atoms with Crippen molar-refractivity contribution in [2.45, 2.75) is 37.0 Å².